The zero-order valence-electron chi connectivity index (χ0n) is 19.9. The summed E-state index contributed by atoms with van der Waals surface area (Å²) < 4.78 is 12.1. The quantitative estimate of drug-likeness (QED) is 0.400. The maximum atomic E-state index is 13.3. The van der Waals surface area contributed by atoms with Crippen LogP contribution in [0.1, 0.15) is 11.1 Å². The van der Waals surface area contributed by atoms with Crippen molar-refractivity contribution < 1.29 is 19.1 Å². The molecule has 35 heavy (non-hydrogen) atoms. The number of anilines is 1. The zero-order chi connectivity index (χ0) is 24.8. The molecular weight excluding hydrogens is 446 g/mol. The molecule has 0 spiro atoms. The van der Waals surface area contributed by atoms with Gasteiger partial charge in [-0.1, -0.05) is 47.2 Å². The van der Waals surface area contributed by atoms with Gasteiger partial charge in [-0.15, -0.1) is 5.10 Å². The van der Waals surface area contributed by atoms with Gasteiger partial charge in [0.1, 0.15) is 30.1 Å². The molecule has 180 valence electrons. The van der Waals surface area contributed by atoms with Crippen LogP contribution in [0.25, 0.3) is 11.0 Å². The van der Waals surface area contributed by atoms with Crippen molar-refractivity contribution in [1.82, 2.24) is 19.9 Å². The molecule has 9 heteroatoms. The Kier molecular flexibility index (Phi) is 7.25. The van der Waals surface area contributed by atoms with Crippen molar-refractivity contribution in [2.24, 2.45) is 0 Å². The van der Waals surface area contributed by atoms with Crippen LogP contribution in [0.3, 0.4) is 0 Å². The minimum atomic E-state index is -0.350. The molecule has 0 aliphatic carbocycles. The van der Waals surface area contributed by atoms with Gasteiger partial charge < -0.3 is 19.7 Å². The predicted molar refractivity (Wildman–Crippen MR) is 132 cm³/mol. The smallest absolute Gasteiger partial charge is 0.245 e. The molecule has 4 aromatic rings. The van der Waals surface area contributed by atoms with Crippen molar-refractivity contribution in [2.45, 2.75) is 20.0 Å². The maximum absolute atomic E-state index is 13.3. The van der Waals surface area contributed by atoms with Crippen LogP contribution in [0, 0.1) is 6.92 Å². The first kappa shape index (κ1) is 23.7. The van der Waals surface area contributed by atoms with Gasteiger partial charge in [0.2, 0.25) is 11.8 Å². The normalized spacial score (nSPS) is 10.7. The maximum Gasteiger partial charge on any atom is 0.245 e. The molecule has 0 unspecified atom stereocenters. The molecule has 0 radical (unpaired) electrons. The topological polar surface area (TPSA) is 98.6 Å². The summed E-state index contributed by atoms with van der Waals surface area (Å²) in [5, 5.41) is 11.1. The Hall–Kier alpha value is -4.40. The van der Waals surface area contributed by atoms with Gasteiger partial charge in [0.05, 0.1) is 25.4 Å². The van der Waals surface area contributed by atoms with Crippen LogP contribution >= 0.6 is 0 Å². The van der Waals surface area contributed by atoms with E-state index in [1.165, 1.54) is 12.0 Å². The van der Waals surface area contributed by atoms with Crippen LogP contribution in [0.2, 0.25) is 0 Å². The minimum absolute atomic E-state index is 0.0362. The van der Waals surface area contributed by atoms with Gasteiger partial charge in [0.15, 0.2) is 0 Å². The first-order chi connectivity index (χ1) is 17.0. The van der Waals surface area contributed by atoms with Crippen molar-refractivity contribution >= 4 is 28.5 Å². The number of methoxy groups -OCH3 is 2. The van der Waals surface area contributed by atoms with E-state index in [1.807, 2.05) is 55.5 Å². The van der Waals surface area contributed by atoms with Crippen LogP contribution in [0.15, 0.2) is 66.7 Å². The van der Waals surface area contributed by atoms with Crippen molar-refractivity contribution in [3.8, 4) is 11.5 Å². The number of nitrogens with one attached hydrogen (secondary N) is 1. The highest BCUT2D eigenvalue weighted by molar-refractivity contribution is 5.96. The molecule has 1 aromatic heterocycles. The summed E-state index contributed by atoms with van der Waals surface area (Å²) in [5.41, 5.74) is 3.98. The second-order valence-corrected chi connectivity index (χ2v) is 8.09. The third-order valence-electron chi connectivity index (χ3n) is 5.57. The lowest BCUT2D eigenvalue weighted by Crippen LogP contribution is -2.39. The second kappa shape index (κ2) is 10.7. The number of rotatable bonds is 9. The van der Waals surface area contributed by atoms with Crippen molar-refractivity contribution in [3.05, 3.63) is 77.9 Å². The summed E-state index contributed by atoms with van der Waals surface area (Å²) >= 11 is 0. The van der Waals surface area contributed by atoms with E-state index in [4.69, 9.17) is 9.47 Å². The van der Waals surface area contributed by atoms with Crippen molar-refractivity contribution in [1.29, 1.82) is 0 Å². The van der Waals surface area contributed by atoms with Crippen LogP contribution in [-0.4, -0.2) is 52.5 Å². The van der Waals surface area contributed by atoms with Gasteiger partial charge in [0.25, 0.3) is 0 Å². The SMILES string of the molecule is COc1ccc(NC(=O)CN(Cc2ccc(C)cc2)C(=O)Cn2nnc3ccccc32)c(OC)c1. The van der Waals surface area contributed by atoms with E-state index in [9.17, 15) is 9.59 Å². The van der Waals surface area contributed by atoms with Crippen LogP contribution in [-0.2, 0) is 22.7 Å². The Morgan fingerprint density at radius 3 is 2.51 bits per heavy atom. The number of fused-ring (bicyclic) bond motifs is 1. The van der Waals surface area contributed by atoms with E-state index in [2.05, 4.69) is 15.6 Å². The first-order valence-corrected chi connectivity index (χ1v) is 11.1. The molecule has 1 heterocycles. The number of aromatic nitrogens is 3. The van der Waals surface area contributed by atoms with Gasteiger partial charge in [-0.05, 0) is 36.8 Å². The lowest BCUT2D eigenvalue weighted by atomic mass is 10.1. The number of benzene rings is 3. The van der Waals surface area contributed by atoms with E-state index in [1.54, 1.807) is 30.0 Å². The van der Waals surface area contributed by atoms with Crippen LogP contribution in [0.5, 0.6) is 11.5 Å². The second-order valence-electron chi connectivity index (χ2n) is 8.09. The molecule has 0 fully saturated rings. The van der Waals surface area contributed by atoms with E-state index in [-0.39, 0.29) is 31.4 Å². The van der Waals surface area contributed by atoms with Crippen molar-refractivity contribution in [3.63, 3.8) is 0 Å². The van der Waals surface area contributed by atoms with Crippen molar-refractivity contribution in [2.75, 3.05) is 26.1 Å². The number of para-hydroxylation sites is 1. The number of ether oxygens (including phenoxy) is 2. The van der Waals surface area contributed by atoms with E-state index in [0.29, 0.717) is 22.7 Å². The minimum Gasteiger partial charge on any atom is -0.497 e. The zero-order valence-corrected chi connectivity index (χ0v) is 19.9. The van der Waals surface area contributed by atoms with Crippen LogP contribution in [0.4, 0.5) is 5.69 Å². The summed E-state index contributed by atoms with van der Waals surface area (Å²) in [7, 11) is 3.07. The molecular formula is C26H27N5O4. The van der Waals surface area contributed by atoms with Crippen LogP contribution < -0.4 is 14.8 Å². The molecule has 3 aromatic carbocycles. The summed E-state index contributed by atoms with van der Waals surface area (Å²) in [6, 6.07) is 20.4. The van der Waals surface area contributed by atoms with Gasteiger partial charge in [-0.2, -0.15) is 0 Å². The van der Waals surface area contributed by atoms with Gasteiger partial charge in [-0.25, -0.2) is 4.68 Å². The fraction of sp³-hybridized carbons (Fsp3) is 0.231. The number of nitrogens with zero attached hydrogens (tertiary/aromatic N) is 4. The summed E-state index contributed by atoms with van der Waals surface area (Å²) in [4.78, 5) is 27.8. The molecule has 0 saturated carbocycles. The van der Waals surface area contributed by atoms with E-state index < -0.39 is 0 Å². The van der Waals surface area contributed by atoms with Gasteiger partial charge in [0, 0.05) is 12.6 Å². The molecule has 0 atom stereocenters. The lowest BCUT2D eigenvalue weighted by molar-refractivity contribution is -0.136. The predicted octanol–water partition coefficient (Wildman–Crippen LogP) is 3.42. The Balaban J connectivity index is 1.53. The third-order valence-corrected chi connectivity index (χ3v) is 5.57. The van der Waals surface area contributed by atoms with Gasteiger partial charge in [-0.3, -0.25) is 9.59 Å². The number of hydrogen-bond acceptors (Lipinski definition) is 6. The van der Waals surface area contributed by atoms with E-state index >= 15 is 0 Å². The monoisotopic (exact) mass is 473 g/mol. The van der Waals surface area contributed by atoms with E-state index in [0.717, 1.165) is 16.6 Å². The summed E-state index contributed by atoms with van der Waals surface area (Å²) in [6.07, 6.45) is 0. The molecule has 1 N–H and O–H groups in total. The molecule has 0 saturated heterocycles. The molecule has 4 rings (SSSR count). The highest BCUT2D eigenvalue weighted by Gasteiger charge is 2.20. The number of hydrogen-bond donors (Lipinski definition) is 1. The average Bonchev–Trinajstić information content (AvgIpc) is 3.27. The number of carbonyl (C=O) groups is 2. The third kappa shape index (κ3) is 5.75. The van der Waals surface area contributed by atoms with Gasteiger partial charge >= 0.3 is 0 Å². The summed E-state index contributed by atoms with van der Waals surface area (Å²) in [5.74, 6) is 0.467. The number of amides is 2. The number of aryl methyl sites for hydroxylation is 1. The largest absolute Gasteiger partial charge is 0.497 e. The summed E-state index contributed by atoms with van der Waals surface area (Å²) in [6.45, 7) is 2.09. The fourth-order valence-corrected chi connectivity index (χ4v) is 3.67. The lowest BCUT2D eigenvalue weighted by Gasteiger charge is -2.23. The highest BCUT2D eigenvalue weighted by Crippen LogP contribution is 2.29. The Labute approximate surface area is 203 Å². The first-order valence-electron chi connectivity index (χ1n) is 11.1. The molecule has 0 bridgehead atoms. The molecule has 9 nitrogen and oxygen atoms in total. The molecule has 0 aliphatic heterocycles. The highest BCUT2D eigenvalue weighted by atomic mass is 16.5. The fourth-order valence-electron chi connectivity index (χ4n) is 3.67. The average molecular weight is 474 g/mol. The Bertz CT molecular complexity index is 1330. The Morgan fingerprint density at radius 1 is 1.00 bits per heavy atom. The Morgan fingerprint density at radius 2 is 1.77 bits per heavy atom. The number of carbonyl (C=O) groups excluding carboxylic acids is 2. The molecule has 0 aliphatic rings. The standard InChI is InChI=1S/C26H27N5O4/c1-18-8-10-19(11-9-18)15-30(26(33)17-31-23-7-5-4-6-21(23)28-29-31)16-25(32)27-22-13-12-20(34-2)14-24(22)35-3/h4-14H,15-17H2,1-3H3,(H,27,32). The molecule has 2 amide bonds.